The predicted molar refractivity (Wildman–Crippen MR) is 55.5 cm³/mol. The molecule has 1 atom stereocenters. The minimum Gasteiger partial charge on any atom is -0.479 e. The molecule has 0 radical (unpaired) electrons. The Hall–Kier alpha value is -0.540. The molecule has 0 saturated heterocycles. The average Bonchev–Trinajstić information content (AvgIpc) is 2.57. The van der Waals surface area contributed by atoms with Gasteiger partial charge in [-0.1, -0.05) is 6.92 Å². The molecular weight excluding hydrogens is 184 g/mol. The van der Waals surface area contributed by atoms with Gasteiger partial charge in [-0.15, -0.1) is 11.3 Å². The van der Waals surface area contributed by atoms with E-state index < -0.39 is 0 Å². The first kappa shape index (κ1) is 10.5. The molecule has 0 aliphatic carbocycles. The Morgan fingerprint density at radius 3 is 3.00 bits per heavy atom. The fourth-order valence-electron chi connectivity index (χ4n) is 0.956. The van der Waals surface area contributed by atoms with Crippen LogP contribution in [0.15, 0.2) is 17.5 Å². The summed E-state index contributed by atoms with van der Waals surface area (Å²) in [4.78, 5) is 0. The summed E-state index contributed by atoms with van der Waals surface area (Å²) >= 11 is 1.61. The maximum absolute atomic E-state index is 5.59. The van der Waals surface area contributed by atoms with Crippen molar-refractivity contribution < 1.29 is 9.47 Å². The number of hydrogen-bond acceptors (Lipinski definition) is 3. The summed E-state index contributed by atoms with van der Waals surface area (Å²) in [5.74, 6) is 0. The highest BCUT2D eigenvalue weighted by atomic mass is 32.1. The van der Waals surface area contributed by atoms with Crippen molar-refractivity contribution in [3.63, 3.8) is 0 Å². The Balaban J connectivity index is 2.14. The SMILES string of the molecule is CCCOCC(C)Oc1cccs1. The molecule has 0 aliphatic rings. The van der Waals surface area contributed by atoms with E-state index in [0.717, 1.165) is 18.1 Å². The third kappa shape index (κ3) is 4.29. The lowest BCUT2D eigenvalue weighted by Gasteiger charge is -2.12. The minimum absolute atomic E-state index is 0.144. The monoisotopic (exact) mass is 200 g/mol. The van der Waals surface area contributed by atoms with Gasteiger partial charge < -0.3 is 9.47 Å². The molecule has 0 saturated carbocycles. The molecule has 3 heteroatoms. The summed E-state index contributed by atoms with van der Waals surface area (Å²) in [5.41, 5.74) is 0. The fraction of sp³-hybridized carbons (Fsp3) is 0.600. The molecule has 0 spiro atoms. The highest BCUT2D eigenvalue weighted by molar-refractivity contribution is 7.11. The van der Waals surface area contributed by atoms with Crippen LogP contribution in [-0.4, -0.2) is 19.3 Å². The molecule has 0 amide bonds. The van der Waals surface area contributed by atoms with Crippen LogP contribution in [0.5, 0.6) is 5.06 Å². The van der Waals surface area contributed by atoms with Gasteiger partial charge in [-0.2, -0.15) is 0 Å². The zero-order valence-corrected chi connectivity index (χ0v) is 8.97. The summed E-state index contributed by atoms with van der Waals surface area (Å²) in [6, 6.07) is 3.96. The third-order valence-corrected chi connectivity index (χ3v) is 2.27. The maximum atomic E-state index is 5.59. The Kier molecular flexibility index (Phi) is 4.86. The van der Waals surface area contributed by atoms with Gasteiger partial charge in [0.15, 0.2) is 5.06 Å². The molecule has 1 heterocycles. The Morgan fingerprint density at radius 1 is 1.54 bits per heavy atom. The van der Waals surface area contributed by atoms with Gasteiger partial charge in [0.2, 0.25) is 0 Å². The van der Waals surface area contributed by atoms with Gasteiger partial charge in [-0.25, -0.2) is 0 Å². The zero-order chi connectivity index (χ0) is 9.52. The molecule has 1 unspecified atom stereocenters. The molecule has 0 aromatic carbocycles. The lowest BCUT2D eigenvalue weighted by molar-refractivity contribution is 0.0607. The first-order valence-corrected chi connectivity index (χ1v) is 5.48. The van der Waals surface area contributed by atoms with E-state index in [0.29, 0.717) is 6.61 Å². The largest absolute Gasteiger partial charge is 0.479 e. The van der Waals surface area contributed by atoms with Crippen LogP contribution in [0.2, 0.25) is 0 Å². The quantitative estimate of drug-likeness (QED) is 0.657. The summed E-state index contributed by atoms with van der Waals surface area (Å²) in [7, 11) is 0. The van der Waals surface area contributed by atoms with Gasteiger partial charge >= 0.3 is 0 Å². The number of rotatable bonds is 6. The van der Waals surface area contributed by atoms with Crippen molar-refractivity contribution in [2.75, 3.05) is 13.2 Å². The normalized spacial score (nSPS) is 12.8. The Labute approximate surface area is 83.5 Å². The second-order valence-corrected chi connectivity index (χ2v) is 3.85. The molecule has 1 rings (SSSR count). The summed E-state index contributed by atoms with van der Waals surface area (Å²) in [5, 5.41) is 2.97. The molecule has 0 fully saturated rings. The van der Waals surface area contributed by atoms with Crippen molar-refractivity contribution >= 4 is 11.3 Å². The van der Waals surface area contributed by atoms with E-state index in [9.17, 15) is 0 Å². The van der Waals surface area contributed by atoms with Crippen LogP contribution in [0.3, 0.4) is 0 Å². The molecule has 0 bridgehead atoms. The van der Waals surface area contributed by atoms with Gasteiger partial charge in [-0.05, 0) is 30.9 Å². The van der Waals surface area contributed by atoms with Crippen LogP contribution in [0.25, 0.3) is 0 Å². The van der Waals surface area contributed by atoms with Crippen molar-refractivity contribution in [2.24, 2.45) is 0 Å². The number of ether oxygens (including phenoxy) is 2. The smallest absolute Gasteiger partial charge is 0.174 e. The van der Waals surface area contributed by atoms with E-state index in [1.54, 1.807) is 11.3 Å². The molecule has 1 aromatic rings. The molecule has 0 N–H and O–H groups in total. The molecule has 74 valence electrons. The molecule has 1 aromatic heterocycles. The molecule has 0 aliphatic heterocycles. The van der Waals surface area contributed by atoms with Crippen LogP contribution in [-0.2, 0) is 4.74 Å². The van der Waals surface area contributed by atoms with Gasteiger partial charge in [0.25, 0.3) is 0 Å². The van der Waals surface area contributed by atoms with Crippen molar-refractivity contribution in [3.05, 3.63) is 17.5 Å². The topological polar surface area (TPSA) is 18.5 Å². The standard InChI is InChI=1S/C10H16O2S/c1-3-6-11-8-9(2)12-10-5-4-7-13-10/h4-5,7,9H,3,6,8H2,1-2H3. The number of hydrogen-bond donors (Lipinski definition) is 0. The third-order valence-electron chi connectivity index (χ3n) is 1.51. The van der Waals surface area contributed by atoms with Crippen LogP contribution >= 0.6 is 11.3 Å². The molecular formula is C10H16O2S. The van der Waals surface area contributed by atoms with E-state index in [-0.39, 0.29) is 6.10 Å². The van der Waals surface area contributed by atoms with E-state index in [4.69, 9.17) is 9.47 Å². The van der Waals surface area contributed by atoms with Crippen LogP contribution < -0.4 is 4.74 Å². The van der Waals surface area contributed by atoms with Crippen LogP contribution in [0.1, 0.15) is 20.3 Å². The Bertz CT molecular complexity index is 209. The lowest BCUT2D eigenvalue weighted by Crippen LogP contribution is -2.18. The first-order chi connectivity index (χ1) is 6.33. The summed E-state index contributed by atoms with van der Waals surface area (Å²) in [6.45, 7) is 5.62. The molecule has 2 nitrogen and oxygen atoms in total. The van der Waals surface area contributed by atoms with Crippen LogP contribution in [0, 0.1) is 0 Å². The van der Waals surface area contributed by atoms with Gasteiger partial charge in [0, 0.05) is 6.61 Å². The van der Waals surface area contributed by atoms with Gasteiger partial charge in [0.1, 0.15) is 6.10 Å². The minimum atomic E-state index is 0.144. The van der Waals surface area contributed by atoms with E-state index in [1.165, 1.54) is 0 Å². The van der Waals surface area contributed by atoms with Crippen molar-refractivity contribution in [1.82, 2.24) is 0 Å². The highest BCUT2D eigenvalue weighted by Gasteiger charge is 2.03. The van der Waals surface area contributed by atoms with E-state index >= 15 is 0 Å². The summed E-state index contributed by atoms with van der Waals surface area (Å²) < 4.78 is 11.0. The van der Waals surface area contributed by atoms with Gasteiger partial charge in [0.05, 0.1) is 6.61 Å². The van der Waals surface area contributed by atoms with E-state index in [2.05, 4.69) is 6.92 Å². The average molecular weight is 200 g/mol. The predicted octanol–water partition coefficient (Wildman–Crippen LogP) is 2.94. The Morgan fingerprint density at radius 2 is 2.38 bits per heavy atom. The van der Waals surface area contributed by atoms with Crippen LogP contribution in [0.4, 0.5) is 0 Å². The second kappa shape index (κ2) is 6.00. The summed E-state index contributed by atoms with van der Waals surface area (Å²) in [6.07, 6.45) is 1.20. The van der Waals surface area contributed by atoms with Crippen molar-refractivity contribution in [1.29, 1.82) is 0 Å². The van der Waals surface area contributed by atoms with Crippen molar-refractivity contribution in [2.45, 2.75) is 26.4 Å². The first-order valence-electron chi connectivity index (χ1n) is 4.61. The van der Waals surface area contributed by atoms with Crippen molar-refractivity contribution in [3.8, 4) is 5.06 Å². The zero-order valence-electron chi connectivity index (χ0n) is 8.16. The fourth-order valence-corrected chi connectivity index (χ4v) is 1.62. The molecule has 13 heavy (non-hydrogen) atoms. The number of thiophene rings is 1. The van der Waals surface area contributed by atoms with Gasteiger partial charge in [-0.3, -0.25) is 0 Å². The second-order valence-electron chi connectivity index (χ2n) is 2.94. The van der Waals surface area contributed by atoms with E-state index in [1.807, 2.05) is 24.4 Å². The lowest BCUT2D eigenvalue weighted by atomic mass is 10.4. The maximum Gasteiger partial charge on any atom is 0.174 e. The highest BCUT2D eigenvalue weighted by Crippen LogP contribution is 2.19.